The highest BCUT2D eigenvalue weighted by molar-refractivity contribution is 6.09. The molecule has 7 heteroatoms. The van der Waals surface area contributed by atoms with Crippen molar-refractivity contribution in [2.75, 3.05) is 5.32 Å². The maximum absolute atomic E-state index is 13.8. The molecule has 0 radical (unpaired) electrons. The van der Waals surface area contributed by atoms with E-state index in [9.17, 15) is 9.59 Å². The molecule has 1 aliphatic heterocycles. The number of carbonyl (C=O) groups is 2. The Labute approximate surface area is 220 Å². The Hall–Kier alpha value is -4.65. The lowest BCUT2D eigenvalue weighted by atomic mass is 9.72. The monoisotopic (exact) mass is 501 g/mol. The number of ketones is 1. The normalized spacial score (nSPS) is 19.3. The van der Waals surface area contributed by atoms with Crippen LogP contribution in [0.2, 0.25) is 0 Å². The quantitative estimate of drug-likeness (QED) is 0.392. The predicted octanol–water partition coefficient (Wildman–Crippen LogP) is 5.33. The first-order valence-corrected chi connectivity index (χ1v) is 12.7. The van der Waals surface area contributed by atoms with Crippen LogP contribution in [0.25, 0.3) is 11.0 Å². The molecule has 3 heterocycles. The second kappa shape index (κ2) is 9.67. The molecule has 0 saturated carbocycles. The van der Waals surface area contributed by atoms with Crippen molar-refractivity contribution in [2.24, 2.45) is 0 Å². The SMILES string of the molecule is CC1=C(C(=O)Nc2cc(C)ccn2)[C@@H](c2cnc3ccccc3n2)C2=C(C[C@H](c3ccccc3)CC2=O)N1. The van der Waals surface area contributed by atoms with Crippen LogP contribution in [-0.4, -0.2) is 26.6 Å². The van der Waals surface area contributed by atoms with Gasteiger partial charge in [0.25, 0.3) is 5.91 Å². The number of anilines is 1. The smallest absolute Gasteiger partial charge is 0.255 e. The zero-order valence-electron chi connectivity index (χ0n) is 21.2. The lowest BCUT2D eigenvalue weighted by molar-refractivity contribution is -0.116. The molecular formula is C31H27N5O2. The van der Waals surface area contributed by atoms with Crippen molar-refractivity contribution in [2.45, 2.75) is 38.5 Å². The van der Waals surface area contributed by atoms with E-state index >= 15 is 0 Å². The minimum Gasteiger partial charge on any atom is -0.362 e. The van der Waals surface area contributed by atoms with Crippen LogP contribution in [-0.2, 0) is 9.59 Å². The molecule has 4 aromatic rings. The number of benzene rings is 2. The molecule has 0 spiro atoms. The summed E-state index contributed by atoms with van der Waals surface area (Å²) in [6.07, 6.45) is 4.39. The van der Waals surface area contributed by atoms with Crippen molar-refractivity contribution >= 4 is 28.5 Å². The maximum Gasteiger partial charge on any atom is 0.255 e. The molecule has 2 N–H and O–H groups in total. The Morgan fingerprint density at radius 3 is 2.50 bits per heavy atom. The van der Waals surface area contributed by atoms with E-state index in [-0.39, 0.29) is 17.6 Å². The van der Waals surface area contributed by atoms with Gasteiger partial charge < -0.3 is 10.6 Å². The number of pyridine rings is 1. The van der Waals surface area contributed by atoms with Gasteiger partial charge in [0.15, 0.2) is 5.78 Å². The van der Waals surface area contributed by atoms with E-state index in [0.717, 1.165) is 22.3 Å². The number of para-hydroxylation sites is 2. The highest BCUT2D eigenvalue weighted by Gasteiger charge is 2.41. The molecule has 2 atom stereocenters. The minimum atomic E-state index is -0.641. The number of Topliss-reactive ketones (excluding diaryl/α,β-unsaturated/α-hetero) is 1. The first kappa shape index (κ1) is 23.7. The second-order valence-corrected chi connectivity index (χ2v) is 9.88. The molecule has 38 heavy (non-hydrogen) atoms. The van der Waals surface area contributed by atoms with E-state index in [1.54, 1.807) is 12.4 Å². The Balaban J connectivity index is 1.45. The molecule has 0 unspecified atom stereocenters. The molecule has 188 valence electrons. The number of nitrogens with zero attached hydrogens (tertiary/aromatic N) is 3. The topological polar surface area (TPSA) is 96.9 Å². The van der Waals surface area contributed by atoms with Crippen molar-refractivity contribution in [3.8, 4) is 0 Å². The molecule has 1 amide bonds. The summed E-state index contributed by atoms with van der Waals surface area (Å²) in [5.74, 6) is -0.426. The van der Waals surface area contributed by atoms with E-state index in [1.165, 1.54) is 0 Å². The van der Waals surface area contributed by atoms with Gasteiger partial charge in [-0.25, -0.2) is 9.97 Å². The lowest BCUT2D eigenvalue weighted by Crippen LogP contribution is -2.37. The van der Waals surface area contributed by atoms with Crippen LogP contribution in [0.1, 0.15) is 48.4 Å². The van der Waals surface area contributed by atoms with E-state index < -0.39 is 5.92 Å². The van der Waals surface area contributed by atoms with Gasteiger partial charge in [-0.2, -0.15) is 0 Å². The summed E-state index contributed by atoms with van der Waals surface area (Å²) >= 11 is 0. The number of hydrogen-bond acceptors (Lipinski definition) is 6. The van der Waals surface area contributed by atoms with Crippen LogP contribution in [0.4, 0.5) is 5.82 Å². The van der Waals surface area contributed by atoms with E-state index in [1.807, 2.05) is 68.4 Å². The van der Waals surface area contributed by atoms with E-state index in [0.29, 0.717) is 46.7 Å². The molecule has 0 saturated heterocycles. The van der Waals surface area contributed by atoms with E-state index in [2.05, 4.69) is 32.7 Å². The highest BCUT2D eigenvalue weighted by Crippen LogP contribution is 2.45. The van der Waals surface area contributed by atoms with Gasteiger partial charge in [-0.15, -0.1) is 0 Å². The van der Waals surface area contributed by atoms with Crippen LogP contribution < -0.4 is 10.6 Å². The molecule has 2 aromatic carbocycles. The first-order chi connectivity index (χ1) is 18.5. The number of fused-ring (bicyclic) bond motifs is 1. The second-order valence-electron chi connectivity index (χ2n) is 9.88. The van der Waals surface area contributed by atoms with Gasteiger partial charge in [-0.1, -0.05) is 42.5 Å². The van der Waals surface area contributed by atoms with Crippen molar-refractivity contribution < 1.29 is 9.59 Å². The number of dihydropyridines is 1. The fraction of sp³-hybridized carbons (Fsp3) is 0.194. The van der Waals surface area contributed by atoms with Gasteiger partial charge in [0.05, 0.1) is 28.8 Å². The fourth-order valence-electron chi connectivity index (χ4n) is 5.50. The van der Waals surface area contributed by atoms with Gasteiger partial charge in [0.1, 0.15) is 5.82 Å². The number of aromatic nitrogens is 3. The Morgan fingerprint density at radius 1 is 0.947 bits per heavy atom. The minimum absolute atomic E-state index is 0.0130. The Bertz CT molecular complexity index is 1640. The standard InChI is InChI=1S/C31H27N5O2/c1-18-12-13-32-27(14-18)36-31(38)28-19(2)34-24-15-21(20-8-4-3-5-9-20)16-26(37)29(24)30(28)25-17-33-22-10-6-7-11-23(22)35-25/h3-14,17,21,30,34H,15-16H2,1-2H3,(H,32,36,38)/t21-,30+/m0/s1. The summed E-state index contributed by atoms with van der Waals surface area (Å²) < 4.78 is 0. The summed E-state index contributed by atoms with van der Waals surface area (Å²) in [5, 5.41) is 6.36. The molecule has 1 aliphatic carbocycles. The van der Waals surface area contributed by atoms with Crippen molar-refractivity contribution in [1.29, 1.82) is 0 Å². The molecule has 6 rings (SSSR count). The zero-order valence-corrected chi connectivity index (χ0v) is 21.2. The third kappa shape index (κ3) is 4.36. The number of rotatable bonds is 4. The lowest BCUT2D eigenvalue weighted by Gasteiger charge is -2.36. The maximum atomic E-state index is 13.8. The van der Waals surface area contributed by atoms with Gasteiger partial charge in [0, 0.05) is 35.2 Å². The summed E-state index contributed by atoms with van der Waals surface area (Å²) in [4.78, 5) is 41.4. The van der Waals surface area contributed by atoms with Crippen LogP contribution in [0, 0.1) is 6.92 Å². The summed E-state index contributed by atoms with van der Waals surface area (Å²) in [6, 6.07) is 21.4. The average Bonchev–Trinajstić information content (AvgIpc) is 2.92. The van der Waals surface area contributed by atoms with Crippen molar-refractivity contribution in [1.82, 2.24) is 20.3 Å². The molecular weight excluding hydrogens is 474 g/mol. The number of carbonyl (C=O) groups excluding carboxylic acids is 2. The zero-order chi connectivity index (χ0) is 26.2. The van der Waals surface area contributed by atoms with Crippen LogP contribution >= 0.6 is 0 Å². The number of amides is 1. The molecule has 2 aromatic heterocycles. The third-order valence-corrected chi connectivity index (χ3v) is 7.26. The highest BCUT2D eigenvalue weighted by atomic mass is 16.2. The summed E-state index contributed by atoms with van der Waals surface area (Å²) in [6.45, 7) is 3.82. The summed E-state index contributed by atoms with van der Waals surface area (Å²) in [7, 11) is 0. The molecule has 2 aliphatic rings. The van der Waals surface area contributed by atoms with E-state index in [4.69, 9.17) is 4.98 Å². The number of allylic oxidation sites excluding steroid dienone is 3. The van der Waals surface area contributed by atoms with Crippen molar-refractivity contribution in [3.63, 3.8) is 0 Å². The van der Waals surface area contributed by atoms with Crippen LogP contribution in [0.15, 0.2) is 102 Å². The van der Waals surface area contributed by atoms with Gasteiger partial charge in [0.2, 0.25) is 0 Å². The molecule has 7 nitrogen and oxygen atoms in total. The van der Waals surface area contributed by atoms with Gasteiger partial charge in [-0.05, 0) is 61.6 Å². The summed E-state index contributed by atoms with van der Waals surface area (Å²) in [5.41, 5.74) is 6.74. The average molecular weight is 502 g/mol. The first-order valence-electron chi connectivity index (χ1n) is 12.7. The molecule has 0 bridgehead atoms. The number of hydrogen-bond donors (Lipinski definition) is 2. The fourth-order valence-corrected chi connectivity index (χ4v) is 5.50. The van der Waals surface area contributed by atoms with Gasteiger partial charge in [-0.3, -0.25) is 14.6 Å². The number of aryl methyl sites for hydroxylation is 1. The Kier molecular flexibility index (Phi) is 6.04. The molecule has 0 fully saturated rings. The van der Waals surface area contributed by atoms with Gasteiger partial charge >= 0.3 is 0 Å². The largest absolute Gasteiger partial charge is 0.362 e. The van der Waals surface area contributed by atoms with Crippen molar-refractivity contribution in [3.05, 3.63) is 118 Å². The third-order valence-electron chi connectivity index (χ3n) is 7.26. The Morgan fingerprint density at radius 2 is 1.71 bits per heavy atom. The number of nitrogens with one attached hydrogen (secondary N) is 2. The predicted molar refractivity (Wildman–Crippen MR) is 146 cm³/mol. The van der Waals surface area contributed by atoms with Crippen LogP contribution in [0.3, 0.4) is 0 Å². The van der Waals surface area contributed by atoms with Crippen LogP contribution in [0.5, 0.6) is 0 Å².